The average Bonchev–Trinajstić information content (AvgIpc) is 2.89. The molecule has 0 unspecified atom stereocenters. The molecule has 3 rings (SSSR count). The Morgan fingerprint density at radius 2 is 2.04 bits per heavy atom. The number of fused-ring (bicyclic) bond motifs is 1. The maximum Gasteiger partial charge on any atom is 0.252 e. The Labute approximate surface area is 145 Å². The molecule has 0 saturated heterocycles. The van der Waals surface area contributed by atoms with Gasteiger partial charge >= 0.3 is 0 Å². The molecule has 0 fully saturated rings. The van der Waals surface area contributed by atoms with E-state index in [9.17, 15) is 9.59 Å². The van der Waals surface area contributed by atoms with Crippen LogP contribution in [0.4, 0.5) is 5.69 Å². The van der Waals surface area contributed by atoms with Crippen LogP contribution < -0.4 is 10.2 Å². The molecule has 2 heterocycles. The number of carbonyl (C=O) groups excluding carboxylic acids is 2. The van der Waals surface area contributed by atoms with E-state index in [1.165, 1.54) is 11.8 Å². The Morgan fingerprint density at radius 1 is 1.33 bits per heavy atom. The lowest BCUT2D eigenvalue weighted by Gasteiger charge is -2.36. The zero-order valence-corrected chi connectivity index (χ0v) is 15.0. The van der Waals surface area contributed by atoms with Crippen LogP contribution in [0.5, 0.6) is 0 Å². The van der Waals surface area contributed by atoms with Crippen LogP contribution in [0.3, 0.4) is 0 Å². The van der Waals surface area contributed by atoms with E-state index in [0.29, 0.717) is 6.54 Å². The SMILES string of the molecule is Cc1c(CNC(=O)[C@]2(C)Sc3ccccc3N(C)C2=O)cnn1C. The van der Waals surface area contributed by atoms with Crippen molar-refractivity contribution in [1.29, 1.82) is 0 Å². The van der Waals surface area contributed by atoms with Gasteiger partial charge < -0.3 is 10.2 Å². The highest BCUT2D eigenvalue weighted by molar-refractivity contribution is 8.02. The summed E-state index contributed by atoms with van der Waals surface area (Å²) in [6.07, 6.45) is 1.73. The minimum Gasteiger partial charge on any atom is -0.350 e. The second kappa shape index (κ2) is 5.98. The van der Waals surface area contributed by atoms with Crippen LogP contribution in [0.2, 0.25) is 0 Å². The van der Waals surface area contributed by atoms with Crippen molar-refractivity contribution < 1.29 is 9.59 Å². The molecule has 1 atom stereocenters. The highest BCUT2D eigenvalue weighted by Gasteiger charge is 2.48. The Balaban J connectivity index is 1.81. The van der Waals surface area contributed by atoms with E-state index in [4.69, 9.17) is 0 Å². The molecule has 2 amide bonds. The van der Waals surface area contributed by atoms with Gasteiger partial charge in [-0.1, -0.05) is 23.9 Å². The molecular weight excluding hydrogens is 324 g/mol. The lowest BCUT2D eigenvalue weighted by molar-refractivity contribution is -0.131. The van der Waals surface area contributed by atoms with Crippen LogP contribution in [-0.4, -0.2) is 33.4 Å². The number of benzene rings is 1. The fourth-order valence-electron chi connectivity index (χ4n) is 2.72. The first kappa shape index (κ1) is 16.6. The summed E-state index contributed by atoms with van der Waals surface area (Å²) in [5.74, 6) is -0.506. The molecule has 1 aliphatic rings. The second-order valence-electron chi connectivity index (χ2n) is 6.03. The minimum atomic E-state index is -1.18. The Bertz CT molecular complexity index is 817. The Morgan fingerprint density at radius 3 is 2.71 bits per heavy atom. The van der Waals surface area contributed by atoms with Gasteiger partial charge in [0.1, 0.15) is 0 Å². The van der Waals surface area contributed by atoms with Gasteiger partial charge in [0.25, 0.3) is 5.91 Å². The standard InChI is InChI=1S/C17H20N4O2S/c1-11-12(10-19-21(11)4)9-18-15(22)17(2)16(23)20(3)13-7-5-6-8-14(13)24-17/h5-8,10H,9H2,1-4H3,(H,18,22)/t17-/m0/s1. The van der Waals surface area contributed by atoms with Gasteiger partial charge in [-0.3, -0.25) is 14.3 Å². The van der Waals surface area contributed by atoms with Gasteiger partial charge in [0.05, 0.1) is 11.9 Å². The van der Waals surface area contributed by atoms with E-state index in [2.05, 4.69) is 10.4 Å². The number of amides is 2. The van der Waals surface area contributed by atoms with E-state index >= 15 is 0 Å². The fraction of sp³-hybridized carbons (Fsp3) is 0.353. The molecule has 7 heteroatoms. The molecule has 126 valence electrons. The highest BCUT2D eigenvalue weighted by atomic mass is 32.2. The molecule has 0 spiro atoms. The normalized spacial score (nSPS) is 20.0. The van der Waals surface area contributed by atoms with E-state index in [1.54, 1.807) is 29.7 Å². The number of para-hydroxylation sites is 1. The molecule has 6 nitrogen and oxygen atoms in total. The number of aryl methyl sites for hydroxylation is 1. The van der Waals surface area contributed by atoms with E-state index < -0.39 is 4.75 Å². The minimum absolute atomic E-state index is 0.216. The highest BCUT2D eigenvalue weighted by Crippen LogP contribution is 2.44. The molecule has 2 aromatic rings. The van der Waals surface area contributed by atoms with E-state index in [1.807, 2.05) is 38.2 Å². The third-order valence-corrected chi connectivity index (χ3v) is 5.80. The van der Waals surface area contributed by atoms with Crippen LogP contribution in [0.15, 0.2) is 35.4 Å². The summed E-state index contributed by atoms with van der Waals surface area (Å²) in [4.78, 5) is 28.0. The Hall–Kier alpha value is -2.28. The number of rotatable bonds is 3. The van der Waals surface area contributed by atoms with Crippen molar-refractivity contribution in [3.8, 4) is 0 Å². The summed E-state index contributed by atoms with van der Waals surface area (Å²) in [6, 6.07) is 7.61. The van der Waals surface area contributed by atoms with E-state index in [-0.39, 0.29) is 11.8 Å². The monoisotopic (exact) mass is 344 g/mol. The average molecular weight is 344 g/mol. The molecule has 0 aliphatic carbocycles. The van der Waals surface area contributed by atoms with E-state index in [0.717, 1.165) is 21.8 Å². The zero-order chi connectivity index (χ0) is 17.5. The van der Waals surface area contributed by atoms with Gasteiger partial charge in [-0.25, -0.2) is 0 Å². The first-order valence-electron chi connectivity index (χ1n) is 7.66. The van der Waals surface area contributed by atoms with Crippen molar-refractivity contribution in [2.45, 2.75) is 30.0 Å². The molecule has 0 saturated carbocycles. The first-order chi connectivity index (χ1) is 11.3. The molecule has 1 aliphatic heterocycles. The number of hydrogen-bond donors (Lipinski definition) is 1. The summed E-state index contributed by atoms with van der Waals surface area (Å²) < 4.78 is 0.576. The predicted molar refractivity (Wildman–Crippen MR) is 93.9 cm³/mol. The number of carbonyl (C=O) groups is 2. The number of nitrogens with one attached hydrogen (secondary N) is 1. The van der Waals surface area contributed by atoms with Crippen molar-refractivity contribution >= 4 is 29.3 Å². The Kier molecular flexibility index (Phi) is 4.13. The lowest BCUT2D eigenvalue weighted by Crippen LogP contribution is -2.55. The molecule has 0 radical (unpaired) electrons. The van der Waals surface area contributed by atoms with Crippen molar-refractivity contribution in [1.82, 2.24) is 15.1 Å². The van der Waals surface area contributed by atoms with Gasteiger partial charge in [0.15, 0.2) is 4.75 Å². The van der Waals surface area contributed by atoms with Gasteiger partial charge in [-0.2, -0.15) is 5.10 Å². The van der Waals surface area contributed by atoms with Crippen LogP contribution in [0.25, 0.3) is 0 Å². The van der Waals surface area contributed by atoms with Crippen LogP contribution in [0.1, 0.15) is 18.2 Å². The van der Waals surface area contributed by atoms with Crippen LogP contribution >= 0.6 is 11.8 Å². The third-order valence-electron chi connectivity index (χ3n) is 4.46. The summed E-state index contributed by atoms with van der Waals surface area (Å²) in [5.41, 5.74) is 2.77. The number of hydrogen-bond acceptors (Lipinski definition) is 4. The maximum absolute atomic E-state index is 12.8. The maximum atomic E-state index is 12.8. The zero-order valence-electron chi connectivity index (χ0n) is 14.2. The number of aromatic nitrogens is 2. The predicted octanol–water partition coefficient (Wildman–Crippen LogP) is 1.87. The number of nitrogens with zero attached hydrogens (tertiary/aromatic N) is 3. The molecule has 1 N–H and O–H groups in total. The molecule has 0 bridgehead atoms. The smallest absolute Gasteiger partial charge is 0.252 e. The molecule has 1 aromatic carbocycles. The number of anilines is 1. The number of thioether (sulfide) groups is 1. The second-order valence-corrected chi connectivity index (χ2v) is 7.49. The summed E-state index contributed by atoms with van der Waals surface area (Å²) in [6.45, 7) is 3.98. The van der Waals surface area contributed by atoms with Crippen LogP contribution in [0, 0.1) is 6.92 Å². The third kappa shape index (κ3) is 2.58. The quantitative estimate of drug-likeness (QED) is 0.863. The van der Waals surface area contributed by atoms with Crippen LogP contribution in [-0.2, 0) is 23.2 Å². The first-order valence-corrected chi connectivity index (χ1v) is 8.48. The molecule has 1 aromatic heterocycles. The van der Waals surface area contributed by atoms with Crippen molar-refractivity contribution in [3.63, 3.8) is 0 Å². The fourth-order valence-corrected chi connectivity index (χ4v) is 4.00. The molecule has 24 heavy (non-hydrogen) atoms. The van der Waals surface area contributed by atoms with Gasteiger partial charge in [0.2, 0.25) is 5.91 Å². The van der Waals surface area contributed by atoms with Gasteiger partial charge in [-0.05, 0) is 26.0 Å². The topological polar surface area (TPSA) is 67.2 Å². The summed E-state index contributed by atoms with van der Waals surface area (Å²) in [7, 11) is 3.56. The summed E-state index contributed by atoms with van der Waals surface area (Å²) >= 11 is 1.30. The summed E-state index contributed by atoms with van der Waals surface area (Å²) in [5, 5.41) is 7.05. The largest absolute Gasteiger partial charge is 0.350 e. The van der Waals surface area contributed by atoms with Gasteiger partial charge in [-0.15, -0.1) is 0 Å². The van der Waals surface area contributed by atoms with Crippen molar-refractivity contribution in [2.75, 3.05) is 11.9 Å². The van der Waals surface area contributed by atoms with Crippen molar-refractivity contribution in [3.05, 3.63) is 41.7 Å². The molecular formula is C17H20N4O2S. The van der Waals surface area contributed by atoms with Crippen molar-refractivity contribution in [2.24, 2.45) is 7.05 Å². The van der Waals surface area contributed by atoms with Gasteiger partial charge in [0, 0.05) is 36.8 Å². The lowest BCUT2D eigenvalue weighted by atomic mass is 10.1.